The highest BCUT2D eigenvalue weighted by Crippen LogP contribution is 2.19. The predicted molar refractivity (Wildman–Crippen MR) is 78.4 cm³/mol. The van der Waals surface area contributed by atoms with Gasteiger partial charge in [0.15, 0.2) is 0 Å². The molecule has 5 nitrogen and oxygen atoms in total. The third kappa shape index (κ3) is 3.79. The second-order valence-electron chi connectivity index (χ2n) is 5.26. The zero-order chi connectivity index (χ0) is 14.6. The minimum Gasteiger partial charge on any atom is -0.395 e. The van der Waals surface area contributed by atoms with Gasteiger partial charge in [-0.3, -0.25) is 0 Å². The molecule has 0 spiro atoms. The molecule has 1 heterocycles. The van der Waals surface area contributed by atoms with Crippen molar-refractivity contribution in [2.75, 3.05) is 13.2 Å². The number of aliphatic hydroxyl groups excluding tert-OH is 1. The molecule has 0 aromatic heterocycles. The minimum absolute atomic E-state index is 0.120. The van der Waals surface area contributed by atoms with E-state index in [0.717, 1.165) is 30.4 Å². The van der Waals surface area contributed by atoms with Gasteiger partial charge in [0.05, 0.1) is 6.61 Å². The molecule has 1 unspecified atom stereocenters. The predicted octanol–water partition coefficient (Wildman–Crippen LogP) is 1.18. The Morgan fingerprint density at radius 2 is 2.20 bits per heavy atom. The molecule has 6 heteroatoms. The summed E-state index contributed by atoms with van der Waals surface area (Å²) in [4.78, 5) is 0. The van der Waals surface area contributed by atoms with Gasteiger partial charge in [-0.05, 0) is 25.3 Å². The van der Waals surface area contributed by atoms with Gasteiger partial charge in [0, 0.05) is 19.1 Å². The molecule has 1 aliphatic rings. The van der Waals surface area contributed by atoms with Gasteiger partial charge in [0.2, 0.25) is 0 Å². The van der Waals surface area contributed by atoms with Crippen LogP contribution in [0.25, 0.3) is 0 Å². The largest absolute Gasteiger partial charge is 0.395 e. The number of piperidine rings is 1. The third-order valence-electron chi connectivity index (χ3n) is 3.63. The van der Waals surface area contributed by atoms with Crippen molar-refractivity contribution in [3.8, 4) is 0 Å². The highest BCUT2D eigenvalue weighted by atomic mass is 32.2. The van der Waals surface area contributed by atoms with Crippen LogP contribution in [-0.2, 0) is 16.8 Å². The lowest BCUT2D eigenvalue weighted by Gasteiger charge is -2.33. The smallest absolute Gasteiger partial charge is 0.280 e. The Labute approximate surface area is 120 Å². The standard InChI is InChI=1S/C14H22N2O3S/c1-12-5-4-6-13(9-12)10-15-20(18,19)16-8-3-2-7-14(16)11-17/h4-6,9,14-15,17H,2-3,7-8,10-11H2,1H3. The van der Waals surface area contributed by atoms with Crippen LogP contribution in [0.4, 0.5) is 0 Å². The van der Waals surface area contributed by atoms with E-state index in [4.69, 9.17) is 0 Å². The van der Waals surface area contributed by atoms with E-state index in [2.05, 4.69) is 4.72 Å². The highest BCUT2D eigenvalue weighted by molar-refractivity contribution is 7.87. The number of hydrogen-bond acceptors (Lipinski definition) is 3. The highest BCUT2D eigenvalue weighted by Gasteiger charge is 2.31. The second kappa shape index (κ2) is 6.67. The van der Waals surface area contributed by atoms with E-state index in [9.17, 15) is 13.5 Å². The van der Waals surface area contributed by atoms with Gasteiger partial charge in [0.25, 0.3) is 10.2 Å². The first-order valence-electron chi connectivity index (χ1n) is 6.96. The molecule has 0 bridgehead atoms. The van der Waals surface area contributed by atoms with Crippen LogP contribution in [0.1, 0.15) is 30.4 Å². The van der Waals surface area contributed by atoms with Gasteiger partial charge in [-0.15, -0.1) is 0 Å². The first-order valence-corrected chi connectivity index (χ1v) is 8.40. The van der Waals surface area contributed by atoms with Crippen molar-refractivity contribution >= 4 is 10.2 Å². The summed E-state index contributed by atoms with van der Waals surface area (Å²) in [5.41, 5.74) is 2.04. The zero-order valence-corrected chi connectivity index (χ0v) is 12.6. The summed E-state index contributed by atoms with van der Waals surface area (Å²) in [6.07, 6.45) is 2.54. The molecule has 1 aliphatic heterocycles. The SMILES string of the molecule is Cc1cccc(CNS(=O)(=O)N2CCCCC2CO)c1. The van der Waals surface area contributed by atoms with E-state index < -0.39 is 10.2 Å². The first-order chi connectivity index (χ1) is 9.53. The van der Waals surface area contributed by atoms with E-state index >= 15 is 0 Å². The van der Waals surface area contributed by atoms with Crippen molar-refractivity contribution < 1.29 is 13.5 Å². The van der Waals surface area contributed by atoms with Crippen molar-refractivity contribution in [3.05, 3.63) is 35.4 Å². The Kier molecular flexibility index (Phi) is 5.15. The van der Waals surface area contributed by atoms with Gasteiger partial charge in [0.1, 0.15) is 0 Å². The average Bonchev–Trinajstić information content (AvgIpc) is 2.45. The average molecular weight is 298 g/mol. The van der Waals surface area contributed by atoms with Crippen LogP contribution in [-0.4, -0.2) is 37.0 Å². The third-order valence-corrected chi connectivity index (χ3v) is 5.24. The number of rotatable bonds is 5. The Balaban J connectivity index is 2.03. The van der Waals surface area contributed by atoms with Crippen LogP contribution in [0, 0.1) is 6.92 Å². The summed E-state index contributed by atoms with van der Waals surface area (Å²) in [6, 6.07) is 7.46. The van der Waals surface area contributed by atoms with Crippen LogP contribution in [0.2, 0.25) is 0 Å². The van der Waals surface area contributed by atoms with Crippen molar-refractivity contribution in [2.45, 2.75) is 38.8 Å². The van der Waals surface area contributed by atoms with Crippen LogP contribution in [0.15, 0.2) is 24.3 Å². The molecule has 1 aromatic rings. The van der Waals surface area contributed by atoms with E-state index in [0.29, 0.717) is 6.54 Å². The van der Waals surface area contributed by atoms with Gasteiger partial charge in [-0.1, -0.05) is 36.2 Å². The molecule has 1 aromatic carbocycles. The van der Waals surface area contributed by atoms with Crippen LogP contribution >= 0.6 is 0 Å². The number of nitrogens with one attached hydrogen (secondary N) is 1. The van der Waals surface area contributed by atoms with Crippen molar-refractivity contribution in [3.63, 3.8) is 0 Å². The molecule has 20 heavy (non-hydrogen) atoms. The number of nitrogens with zero attached hydrogens (tertiary/aromatic N) is 1. The quantitative estimate of drug-likeness (QED) is 0.857. The van der Waals surface area contributed by atoms with Crippen LogP contribution in [0.5, 0.6) is 0 Å². The van der Waals surface area contributed by atoms with Crippen molar-refractivity contribution in [1.29, 1.82) is 0 Å². The van der Waals surface area contributed by atoms with E-state index in [1.807, 2.05) is 31.2 Å². The maximum Gasteiger partial charge on any atom is 0.280 e. The van der Waals surface area contributed by atoms with Gasteiger partial charge in [-0.2, -0.15) is 17.4 Å². The summed E-state index contributed by atoms with van der Waals surface area (Å²) < 4.78 is 28.7. The number of benzene rings is 1. The van der Waals surface area contributed by atoms with E-state index in [1.54, 1.807) is 0 Å². The summed E-state index contributed by atoms with van der Waals surface area (Å²) in [5.74, 6) is 0. The molecular weight excluding hydrogens is 276 g/mol. The maximum atomic E-state index is 12.3. The topological polar surface area (TPSA) is 69.6 Å². The van der Waals surface area contributed by atoms with Crippen LogP contribution < -0.4 is 4.72 Å². The molecule has 0 saturated carbocycles. The van der Waals surface area contributed by atoms with Crippen molar-refractivity contribution in [2.24, 2.45) is 0 Å². The monoisotopic (exact) mass is 298 g/mol. The van der Waals surface area contributed by atoms with Crippen molar-refractivity contribution in [1.82, 2.24) is 9.03 Å². The number of hydrogen-bond donors (Lipinski definition) is 2. The molecule has 112 valence electrons. The lowest BCUT2D eigenvalue weighted by atomic mass is 10.1. The lowest BCUT2D eigenvalue weighted by molar-refractivity contribution is 0.154. The van der Waals surface area contributed by atoms with E-state index in [-0.39, 0.29) is 19.2 Å². The Bertz CT molecular complexity index is 545. The molecule has 0 radical (unpaired) electrons. The normalized spacial score (nSPS) is 21.0. The molecule has 1 saturated heterocycles. The fraction of sp³-hybridized carbons (Fsp3) is 0.571. The summed E-state index contributed by atoms with van der Waals surface area (Å²) >= 11 is 0. The van der Waals surface area contributed by atoms with Crippen LogP contribution in [0.3, 0.4) is 0 Å². The zero-order valence-electron chi connectivity index (χ0n) is 11.7. The molecule has 2 rings (SSSR count). The first kappa shape index (κ1) is 15.4. The molecular formula is C14H22N2O3S. The number of aliphatic hydroxyl groups is 1. The Morgan fingerprint density at radius 1 is 1.40 bits per heavy atom. The minimum atomic E-state index is -3.53. The second-order valence-corrected chi connectivity index (χ2v) is 6.97. The number of aryl methyl sites for hydroxylation is 1. The molecule has 2 N–H and O–H groups in total. The Hall–Kier alpha value is -0.950. The lowest BCUT2D eigenvalue weighted by Crippen LogP contribution is -2.50. The van der Waals surface area contributed by atoms with Gasteiger partial charge in [-0.25, -0.2) is 0 Å². The van der Waals surface area contributed by atoms with E-state index in [1.165, 1.54) is 4.31 Å². The molecule has 1 fully saturated rings. The molecule has 0 amide bonds. The molecule has 0 aliphatic carbocycles. The van der Waals surface area contributed by atoms with Gasteiger partial charge >= 0.3 is 0 Å². The molecule has 1 atom stereocenters. The summed E-state index contributed by atoms with van der Waals surface area (Å²) in [6.45, 7) is 2.61. The fourth-order valence-electron chi connectivity index (χ4n) is 2.55. The summed E-state index contributed by atoms with van der Waals surface area (Å²) in [5, 5.41) is 9.31. The summed E-state index contributed by atoms with van der Waals surface area (Å²) in [7, 11) is -3.53. The fourth-order valence-corrected chi connectivity index (χ4v) is 4.00. The maximum absolute atomic E-state index is 12.3. The Morgan fingerprint density at radius 3 is 2.90 bits per heavy atom. The van der Waals surface area contributed by atoms with Gasteiger partial charge < -0.3 is 5.11 Å².